The van der Waals surface area contributed by atoms with E-state index in [1.165, 1.54) is 7.11 Å². The van der Waals surface area contributed by atoms with Crippen molar-refractivity contribution in [1.29, 1.82) is 0 Å². The van der Waals surface area contributed by atoms with Gasteiger partial charge in [-0.25, -0.2) is 0 Å². The van der Waals surface area contributed by atoms with Gasteiger partial charge in [-0.05, 0) is 18.6 Å². The molecule has 0 aromatic heterocycles. The molecule has 1 atom stereocenters. The predicted molar refractivity (Wildman–Crippen MR) is 59.6 cm³/mol. The van der Waals surface area contributed by atoms with Gasteiger partial charge in [-0.15, -0.1) is 0 Å². The van der Waals surface area contributed by atoms with E-state index >= 15 is 0 Å². The first-order valence-corrected chi connectivity index (χ1v) is 4.78. The van der Waals surface area contributed by atoms with Crippen molar-refractivity contribution in [3.05, 3.63) is 29.8 Å². The summed E-state index contributed by atoms with van der Waals surface area (Å²) in [6.45, 7) is 1.93. The van der Waals surface area contributed by atoms with Gasteiger partial charge in [0.05, 0.1) is 0 Å². The molecule has 3 N–H and O–H groups in total. The molecule has 1 rings (SSSR count). The lowest BCUT2D eigenvalue weighted by Crippen LogP contribution is -2.19. The molecule has 0 aliphatic rings. The van der Waals surface area contributed by atoms with Crippen LogP contribution in [0.5, 0.6) is 0 Å². The number of hydrogen-bond acceptors (Lipinski definition) is 3. The van der Waals surface area contributed by atoms with Crippen molar-refractivity contribution in [2.45, 2.75) is 13.0 Å². The van der Waals surface area contributed by atoms with Gasteiger partial charge in [-0.1, -0.05) is 18.2 Å². The van der Waals surface area contributed by atoms with Crippen molar-refractivity contribution in [3.63, 3.8) is 0 Å². The lowest BCUT2D eigenvalue weighted by atomic mass is 10.1. The number of ether oxygens (including phenoxy) is 1. The first kappa shape index (κ1) is 11.7. The highest BCUT2D eigenvalue weighted by molar-refractivity contribution is 5.92. The number of anilines is 1. The van der Waals surface area contributed by atoms with Crippen LogP contribution in [0.4, 0.5) is 5.69 Å². The van der Waals surface area contributed by atoms with Gasteiger partial charge in [0.2, 0.25) is 5.91 Å². The summed E-state index contributed by atoms with van der Waals surface area (Å²) >= 11 is 0. The molecule has 1 aromatic rings. The molecule has 1 unspecified atom stereocenters. The topological polar surface area (TPSA) is 64.3 Å². The van der Waals surface area contributed by atoms with Crippen molar-refractivity contribution < 1.29 is 9.53 Å². The maximum absolute atomic E-state index is 11.3. The number of amides is 1. The number of nitrogens with two attached hydrogens (primary N) is 1. The standard InChI is InChI=1S/C11H16N2O2/c1-8(12)9-5-3-4-6-10(9)13-11(14)7-15-2/h3-6,8H,7,12H2,1-2H3,(H,13,14). The highest BCUT2D eigenvalue weighted by Crippen LogP contribution is 2.20. The Morgan fingerprint density at radius 2 is 2.20 bits per heavy atom. The third-order valence-corrected chi connectivity index (χ3v) is 2.00. The van der Waals surface area contributed by atoms with Gasteiger partial charge >= 0.3 is 0 Å². The third kappa shape index (κ3) is 3.34. The van der Waals surface area contributed by atoms with Crippen LogP contribution < -0.4 is 11.1 Å². The molecule has 82 valence electrons. The fourth-order valence-electron chi connectivity index (χ4n) is 1.33. The lowest BCUT2D eigenvalue weighted by molar-refractivity contribution is -0.119. The van der Waals surface area contributed by atoms with Crippen LogP contribution in [-0.2, 0) is 9.53 Å². The fraction of sp³-hybridized carbons (Fsp3) is 0.364. The van der Waals surface area contributed by atoms with Gasteiger partial charge in [-0.3, -0.25) is 4.79 Å². The quantitative estimate of drug-likeness (QED) is 0.783. The second kappa shape index (κ2) is 5.48. The monoisotopic (exact) mass is 208 g/mol. The van der Waals surface area contributed by atoms with Crippen molar-refractivity contribution in [2.24, 2.45) is 5.73 Å². The van der Waals surface area contributed by atoms with E-state index in [9.17, 15) is 4.79 Å². The summed E-state index contributed by atoms with van der Waals surface area (Å²) in [5, 5.41) is 2.75. The smallest absolute Gasteiger partial charge is 0.250 e. The minimum absolute atomic E-state index is 0.0489. The fourth-order valence-corrected chi connectivity index (χ4v) is 1.33. The van der Waals surface area contributed by atoms with Gasteiger partial charge in [-0.2, -0.15) is 0 Å². The Morgan fingerprint density at radius 3 is 2.80 bits per heavy atom. The molecule has 0 aliphatic carbocycles. The number of carbonyl (C=O) groups excluding carboxylic acids is 1. The summed E-state index contributed by atoms with van der Waals surface area (Å²) in [4.78, 5) is 11.3. The Labute approximate surface area is 89.4 Å². The SMILES string of the molecule is COCC(=O)Nc1ccccc1C(C)N. The largest absolute Gasteiger partial charge is 0.375 e. The number of benzene rings is 1. The minimum atomic E-state index is -0.175. The Morgan fingerprint density at radius 1 is 1.53 bits per heavy atom. The summed E-state index contributed by atoms with van der Waals surface area (Å²) in [7, 11) is 1.48. The molecule has 0 spiro atoms. The predicted octanol–water partition coefficient (Wildman–Crippen LogP) is 1.29. The van der Waals surface area contributed by atoms with Gasteiger partial charge in [0.1, 0.15) is 6.61 Å². The number of hydrogen-bond donors (Lipinski definition) is 2. The second-order valence-corrected chi connectivity index (χ2v) is 3.36. The van der Waals surface area contributed by atoms with Crippen LogP contribution in [0.25, 0.3) is 0 Å². The molecule has 1 amide bonds. The third-order valence-electron chi connectivity index (χ3n) is 2.00. The van der Waals surface area contributed by atoms with E-state index in [1.807, 2.05) is 31.2 Å². The second-order valence-electron chi connectivity index (χ2n) is 3.36. The Kier molecular flexibility index (Phi) is 4.27. The summed E-state index contributed by atoms with van der Waals surface area (Å²) in [6, 6.07) is 7.36. The molecule has 0 aliphatic heterocycles. The zero-order valence-corrected chi connectivity index (χ0v) is 8.99. The van der Waals surface area contributed by atoms with Crippen LogP contribution in [0.1, 0.15) is 18.5 Å². The van der Waals surface area contributed by atoms with E-state index in [4.69, 9.17) is 10.5 Å². The van der Waals surface area contributed by atoms with Gasteiger partial charge in [0.15, 0.2) is 0 Å². The average molecular weight is 208 g/mol. The molecule has 0 bridgehead atoms. The highest BCUT2D eigenvalue weighted by atomic mass is 16.5. The molecule has 0 radical (unpaired) electrons. The van der Waals surface area contributed by atoms with Gasteiger partial charge in [0, 0.05) is 18.8 Å². The van der Waals surface area contributed by atoms with E-state index in [-0.39, 0.29) is 18.6 Å². The van der Waals surface area contributed by atoms with E-state index < -0.39 is 0 Å². The number of carbonyl (C=O) groups is 1. The maximum atomic E-state index is 11.3. The van der Waals surface area contributed by atoms with Crippen molar-refractivity contribution in [1.82, 2.24) is 0 Å². The van der Waals surface area contributed by atoms with Crippen molar-refractivity contribution >= 4 is 11.6 Å². The van der Waals surface area contributed by atoms with Crippen LogP contribution in [0, 0.1) is 0 Å². The number of methoxy groups -OCH3 is 1. The van der Waals surface area contributed by atoms with Crippen LogP contribution in [-0.4, -0.2) is 19.6 Å². The molecule has 0 heterocycles. The van der Waals surface area contributed by atoms with Crippen LogP contribution >= 0.6 is 0 Å². The summed E-state index contributed by atoms with van der Waals surface area (Å²) < 4.78 is 4.73. The normalized spacial score (nSPS) is 12.2. The molecule has 0 fully saturated rings. The number of para-hydroxylation sites is 1. The number of rotatable bonds is 4. The Balaban J connectivity index is 2.80. The van der Waals surface area contributed by atoms with Crippen molar-refractivity contribution in [2.75, 3.05) is 19.0 Å². The molecule has 1 aromatic carbocycles. The highest BCUT2D eigenvalue weighted by Gasteiger charge is 2.08. The van der Waals surface area contributed by atoms with Gasteiger partial charge in [0.25, 0.3) is 0 Å². The molecule has 4 heteroatoms. The molecular weight excluding hydrogens is 192 g/mol. The van der Waals surface area contributed by atoms with E-state index in [1.54, 1.807) is 0 Å². The van der Waals surface area contributed by atoms with E-state index in [2.05, 4.69) is 5.32 Å². The van der Waals surface area contributed by atoms with E-state index in [0.29, 0.717) is 0 Å². The molecule has 4 nitrogen and oxygen atoms in total. The zero-order valence-electron chi connectivity index (χ0n) is 8.99. The molecular formula is C11H16N2O2. The van der Waals surface area contributed by atoms with Crippen LogP contribution in [0.2, 0.25) is 0 Å². The average Bonchev–Trinajstić information content (AvgIpc) is 2.18. The van der Waals surface area contributed by atoms with Crippen LogP contribution in [0.15, 0.2) is 24.3 Å². The molecule has 15 heavy (non-hydrogen) atoms. The Hall–Kier alpha value is -1.39. The lowest BCUT2D eigenvalue weighted by Gasteiger charge is -2.13. The molecule has 0 saturated heterocycles. The summed E-state index contributed by atoms with van der Waals surface area (Å²) in [6.07, 6.45) is 0. The van der Waals surface area contributed by atoms with Gasteiger partial charge < -0.3 is 15.8 Å². The summed E-state index contributed by atoms with van der Waals surface area (Å²) in [5.41, 5.74) is 7.45. The zero-order chi connectivity index (χ0) is 11.3. The first-order chi connectivity index (χ1) is 7.15. The van der Waals surface area contributed by atoms with E-state index in [0.717, 1.165) is 11.3 Å². The van der Waals surface area contributed by atoms with Crippen LogP contribution in [0.3, 0.4) is 0 Å². The summed E-state index contributed by atoms with van der Waals surface area (Å²) in [5.74, 6) is -0.175. The number of nitrogens with one attached hydrogen (secondary N) is 1. The maximum Gasteiger partial charge on any atom is 0.250 e. The minimum Gasteiger partial charge on any atom is -0.375 e. The Bertz CT molecular complexity index is 337. The first-order valence-electron chi connectivity index (χ1n) is 4.78. The molecule has 0 saturated carbocycles. The van der Waals surface area contributed by atoms with Crippen molar-refractivity contribution in [3.8, 4) is 0 Å².